The quantitative estimate of drug-likeness (QED) is 0.109. The molecule has 2 aliphatic rings. The van der Waals surface area contributed by atoms with Crippen molar-refractivity contribution in [2.45, 2.75) is 84.3 Å². The van der Waals surface area contributed by atoms with Gasteiger partial charge in [-0.1, -0.05) is 81.2 Å². The number of hydrogen-bond donors (Lipinski definition) is 3. The van der Waals surface area contributed by atoms with Crippen molar-refractivity contribution in [2.75, 3.05) is 13.2 Å². The molecule has 1 fully saturated rings. The van der Waals surface area contributed by atoms with Gasteiger partial charge in [-0.05, 0) is 85.8 Å². The van der Waals surface area contributed by atoms with Crippen LogP contribution >= 0.6 is 31.4 Å². The van der Waals surface area contributed by atoms with Crippen molar-refractivity contribution in [3.8, 4) is 0 Å². The molecule has 0 aromatic heterocycles. The van der Waals surface area contributed by atoms with Gasteiger partial charge in [-0.25, -0.2) is 0 Å². The van der Waals surface area contributed by atoms with Crippen LogP contribution in [0.5, 0.6) is 0 Å². The number of carbonyl (C=O) groups excluding carboxylic acids is 1. The van der Waals surface area contributed by atoms with E-state index in [2.05, 4.69) is 54.8 Å². The highest BCUT2D eigenvalue weighted by Gasteiger charge is 2.56. The van der Waals surface area contributed by atoms with Crippen molar-refractivity contribution >= 4 is 48.1 Å². The maximum atomic E-state index is 14.2. The Morgan fingerprint density at radius 1 is 1.16 bits per heavy atom. The van der Waals surface area contributed by atoms with E-state index in [0.29, 0.717) is 35.1 Å². The Bertz CT molecular complexity index is 1440. The number of nitrogens with one attached hydrogen (secondary N) is 2. The Labute approximate surface area is 265 Å². The molecule has 0 bridgehead atoms. The normalized spacial score (nSPS) is 25.1. The molecule has 234 valence electrons. The summed E-state index contributed by atoms with van der Waals surface area (Å²) in [6.45, 7) is 12.2. The molecule has 2 aromatic rings. The van der Waals surface area contributed by atoms with Crippen molar-refractivity contribution in [1.82, 2.24) is 10.6 Å². The molecule has 3 N–H and O–H groups in total. The summed E-state index contributed by atoms with van der Waals surface area (Å²) in [5.74, 6) is -1.09. The predicted octanol–water partition coefficient (Wildman–Crippen LogP) is 8.07. The topological polar surface area (TPSA) is 109 Å². The van der Waals surface area contributed by atoms with Gasteiger partial charge in [0.25, 0.3) is 0 Å². The van der Waals surface area contributed by atoms with Crippen LogP contribution in [0, 0.1) is 11.3 Å². The van der Waals surface area contributed by atoms with Crippen LogP contribution in [0.15, 0.2) is 47.6 Å². The number of amides is 1. The fraction of sp³-hybridized carbons (Fsp3) is 0.531. The Kier molecular flexibility index (Phi) is 10.4. The molecule has 4 atom stereocenters. The van der Waals surface area contributed by atoms with Gasteiger partial charge < -0.3 is 24.9 Å². The molecule has 1 unspecified atom stereocenters. The second-order valence-electron chi connectivity index (χ2n) is 12.2. The number of thiocarbonyl (C=S) groups is 1. The maximum Gasteiger partial charge on any atom is 0.357 e. The van der Waals surface area contributed by atoms with E-state index in [1.165, 1.54) is 5.56 Å². The highest BCUT2D eigenvalue weighted by molar-refractivity contribution is 7.80. The second kappa shape index (κ2) is 13.4. The van der Waals surface area contributed by atoms with E-state index >= 15 is 0 Å². The molecular weight excluding hydrogens is 605 g/mol. The average molecular weight is 648 g/mol. The van der Waals surface area contributed by atoms with Crippen LogP contribution in [0.4, 0.5) is 0 Å². The molecule has 2 aromatic carbocycles. The van der Waals surface area contributed by atoms with E-state index in [4.69, 9.17) is 32.9 Å². The summed E-state index contributed by atoms with van der Waals surface area (Å²) in [6.07, 6.45) is 2.86. The van der Waals surface area contributed by atoms with Crippen molar-refractivity contribution < 1.29 is 23.6 Å². The number of fused-ring (bicyclic) bond motifs is 3. The lowest BCUT2D eigenvalue weighted by atomic mass is 9.49. The lowest BCUT2D eigenvalue weighted by Gasteiger charge is -2.54. The van der Waals surface area contributed by atoms with Crippen LogP contribution in [-0.2, 0) is 23.8 Å². The average Bonchev–Trinajstić information content (AvgIpc) is 2.96. The smallest absolute Gasteiger partial charge is 0.357 e. The van der Waals surface area contributed by atoms with Gasteiger partial charge in [-0.2, -0.15) is 0 Å². The zero-order valence-corrected chi connectivity index (χ0v) is 28.2. The highest BCUT2D eigenvalue weighted by Crippen LogP contribution is 2.61. The molecule has 0 spiro atoms. The minimum absolute atomic E-state index is 0.00288. The van der Waals surface area contributed by atoms with E-state index in [-0.39, 0.29) is 35.6 Å². The zero-order chi connectivity index (χ0) is 31.6. The summed E-state index contributed by atoms with van der Waals surface area (Å²) in [5.41, 5.74) is 3.18. The summed E-state index contributed by atoms with van der Waals surface area (Å²) < 4.78 is 25.3. The molecule has 0 aliphatic heterocycles. The van der Waals surface area contributed by atoms with Crippen LogP contribution in [0.25, 0.3) is 0 Å². The SMILES string of the molecule is CCOP(=O)(OCC)C(NC(=S)NC(=O)[C@]1(C)CCC[C@]2(C)c3ccc(C(C)C)cc3/C(=N\O)C[C@@H]12)c1ccccc1Cl. The summed E-state index contributed by atoms with van der Waals surface area (Å²) in [6, 6.07) is 13.4. The van der Waals surface area contributed by atoms with Crippen molar-refractivity contribution in [2.24, 2.45) is 16.5 Å². The van der Waals surface area contributed by atoms with Gasteiger partial charge in [0.05, 0.1) is 24.3 Å². The minimum Gasteiger partial charge on any atom is -0.411 e. The molecule has 1 amide bonds. The molecule has 43 heavy (non-hydrogen) atoms. The van der Waals surface area contributed by atoms with E-state index in [0.717, 1.165) is 24.0 Å². The first-order valence-electron chi connectivity index (χ1n) is 15.0. The maximum absolute atomic E-state index is 14.2. The number of hydrogen-bond acceptors (Lipinski definition) is 7. The van der Waals surface area contributed by atoms with Gasteiger partial charge in [0, 0.05) is 16.1 Å². The Morgan fingerprint density at radius 3 is 2.44 bits per heavy atom. The van der Waals surface area contributed by atoms with Crippen LogP contribution < -0.4 is 10.6 Å². The van der Waals surface area contributed by atoms with E-state index in [9.17, 15) is 14.6 Å². The molecule has 0 radical (unpaired) electrons. The lowest BCUT2D eigenvalue weighted by Crippen LogP contribution is -2.58. The summed E-state index contributed by atoms with van der Waals surface area (Å²) in [4.78, 5) is 14.2. The van der Waals surface area contributed by atoms with Crippen LogP contribution in [0.1, 0.15) is 101 Å². The van der Waals surface area contributed by atoms with Gasteiger partial charge in [0.15, 0.2) is 10.9 Å². The van der Waals surface area contributed by atoms with Crippen molar-refractivity contribution in [3.63, 3.8) is 0 Å². The van der Waals surface area contributed by atoms with Crippen LogP contribution in [-0.4, -0.2) is 35.2 Å². The zero-order valence-electron chi connectivity index (χ0n) is 25.8. The number of halogens is 1. The molecule has 4 rings (SSSR count). The molecule has 0 heterocycles. The molecular formula is C32H43ClN3O5PS. The largest absolute Gasteiger partial charge is 0.411 e. The van der Waals surface area contributed by atoms with Gasteiger partial charge in [-0.15, -0.1) is 0 Å². The van der Waals surface area contributed by atoms with E-state index in [1.807, 2.05) is 6.92 Å². The monoisotopic (exact) mass is 647 g/mol. The third-order valence-corrected chi connectivity index (χ3v) is 12.1. The Morgan fingerprint density at radius 2 is 1.84 bits per heavy atom. The standard InChI is InChI=1S/C32H43ClN3O5PS/c1-7-40-42(39,41-8-2)28(22-12-9-10-13-25(22)33)34-30(43)35-29(37)32(6)17-11-16-31(5)24-15-14-21(20(3)4)18-23(24)26(36-38)19-27(31)32/h9-10,12-15,18,20,27-28,38H,7-8,11,16-17,19H2,1-6H3,(H2,34,35,37,43)/b36-26-/t27-,28?,31-,32-/m1/s1. The third kappa shape index (κ3) is 6.43. The summed E-state index contributed by atoms with van der Waals surface area (Å²) in [5, 5.41) is 20.1. The molecule has 2 aliphatic carbocycles. The van der Waals surface area contributed by atoms with Crippen molar-refractivity contribution in [3.05, 3.63) is 69.7 Å². The first-order valence-corrected chi connectivity index (χ1v) is 17.3. The van der Waals surface area contributed by atoms with Gasteiger partial charge in [0.2, 0.25) is 5.91 Å². The first-order chi connectivity index (χ1) is 20.3. The molecule has 0 saturated heterocycles. The van der Waals surface area contributed by atoms with E-state index < -0.39 is 18.8 Å². The Balaban J connectivity index is 1.65. The lowest BCUT2D eigenvalue weighted by molar-refractivity contribution is -0.136. The number of carbonyl (C=O) groups is 1. The summed E-state index contributed by atoms with van der Waals surface area (Å²) in [7, 11) is -3.80. The van der Waals surface area contributed by atoms with Crippen molar-refractivity contribution in [1.29, 1.82) is 0 Å². The number of nitrogens with zero attached hydrogens (tertiary/aromatic N) is 1. The number of benzene rings is 2. The summed E-state index contributed by atoms with van der Waals surface area (Å²) >= 11 is 12.2. The predicted molar refractivity (Wildman–Crippen MR) is 175 cm³/mol. The van der Waals surface area contributed by atoms with Crippen LogP contribution in [0.2, 0.25) is 5.02 Å². The number of oxime groups is 1. The van der Waals surface area contributed by atoms with E-state index in [1.54, 1.807) is 38.1 Å². The van der Waals surface area contributed by atoms with Gasteiger partial charge >= 0.3 is 7.60 Å². The van der Waals surface area contributed by atoms with Gasteiger partial charge in [-0.3, -0.25) is 9.36 Å². The number of rotatable bonds is 9. The molecule has 8 nitrogen and oxygen atoms in total. The first kappa shape index (κ1) is 33.6. The van der Waals surface area contributed by atoms with Crippen LogP contribution in [0.3, 0.4) is 0 Å². The third-order valence-electron chi connectivity index (χ3n) is 9.23. The minimum atomic E-state index is -3.80. The Hall–Kier alpha value is -2.29. The molecule has 11 heteroatoms. The van der Waals surface area contributed by atoms with Gasteiger partial charge in [0.1, 0.15) is 0 Å². The second-order valence-corrected chi connectivity index (χ2v) is 15.1. The molecule has 1 saturated carbocycles. The highest BCUT2D eigenvalue weighted by atomic mass is 35.5. The fourth-order valence-electron chi connectivity index (χ4n) is 6.95. The fourth-order valence-corrected chi connectivity index (χ4v) is 9.52.